The Morgan fingerprint density at radius 1 is 0.857 bits per heavy atom. The summed E-state index contributed by atoms with van der Waals surface area (Å²) in [5, 5.41) is 21.5. The zero-order valence-corrected chi connectivity index (χ0v) is 4.16. The zero-order valence-electron chi connectivity index (χ0n) is 3.22. The smallest absolute Gasteiger partial charge is 0.412 e. The van der Waals surface area contributed by atoms with Crippen molar-refractivity contribution in [2.24, 2.45) is 0 Å². The second-order valence-electron chi connectivity index (χ2n) is 0.346. The van der Waals surface area contributed by atoms with Gasteiger partial charge >= 0.3 is 7.32 Å². The van der Waals surface area contributed by atoms with Gasteiger partial charge in [0.15, 0.2) is 0 Å². The minimum atomic E-state index is -2.17. The Hall–Kier alpha value is 0.384. The molecular formula is H7BCuO5. The first-order valence-corrected chi connectivity index (χ1v) is 0.775. The van der Waals surface area contributed by atoms with Gasteiger partial charge in [-0.3, -0.25) is 0 Å². The van der Waals surface area contributed by atoms with E-state index in [2.05, 4.69) is 0 Å². The second-order valence-corrected chi connectivity index (χ2v) is 0.346. The Bertz CT molecular complexity index is 12.8. The Labute approximate surface area is 51.2 Å². The van der Waals surface area contributed by atoms with E-state index in [1.165, 1.54) is 0 Å². The Morgan fingerprint density at radius 3 is 0.857 bits per heavy atom. The van der Waals surface area contributed by atoms with Crippen molar-refractivity contribution in [3.05, 3.63) is 0 Å². The molecule has 0 aliphatic carbocycles. The summed E-state index contributed by atoms with van der Waals surface area (Å²) in [6.07, 6.45) is 0. The van der Waals surface area contributed by atoms with Gasteiger partial charge in [-0.05, 0) is 0 Å². The molecule has 0 spiro atoms. The van der Waals surface area contributed by atoms with E-state index in [1.54, 1.807) is 0 Å². The quantitative estimate of drug-likeness (QED) is 0.317. The molecule has 0 aliphatic heterocycles. The summed E-state index contributed by atoms with van der Waals surface area (Å²) >= 11 is 0. The molecule has 7 N–H and O–H groups in total. The predicted octanol–water partition coefficient (Wildman–Crippen LogP) is -3.70. The summed E-state index contributed by atoms with van der Waals surface area (Å²) in [4.78, 5) is 0. The van der Waals surface area contributed by atoms with Crippen LogP contribution in [0, 0.1) is 0 Å². The van der Waals surface area contributed by atoms with E-state index in [0.717, 1.165) is 0 Å². The van der Waals surface area contributed by atoms with Gasteiger partial charge in [-0.2, -0.15) is 0 Å². The van der Waals surface area contributed by atoms with Crippen LogP contribution in [-0.2, 0) is 17.1 Å². The van der Waals surface area contributed by atoms with Crippen LogP contribution in [0.15, 0.2) is 0 Å². The summed E-state index contributed by atoms with van der Waals surface area (Å²) < 4.78 is 0. The van der Waals surface area contributed by atoms with Crippen LogP contribution in [0.4, 0.5) is 0 Å². The number of hydrogen-bond donors (Lipinski definition) is 3. The summed E-state index contributed by atoms with van der Waals surface area (Å²) in [6, 6.07) is 0. The average molecular weight is 161 g/mol. The predicted molar refractivity (Wildman–Crippen MR) is 19.6 cm³/mol. The standard InChI is InChI=1S/BH3O3.Cu.2H2O/c2-1(3)4;;;/h2-4H;;2*1H2. The van der Waals surface area contributed by atoms with Gasteiger partial charge in [-0.1, -0.05) is 0 Å². The molecule has 0 aromatic rings. The van der Waals surface area contributed by atoms with E-state index in [4.69, 9.17) is 15.1 Å². The maximum absolute atomic E-state index is 7.17. The van der Waals surface area contributed by atoms with Crippen molar-refractivity contribution in [1.29, 1.82) is 0 Å². The fourth-order valence-electron chi connectivity index (χ4n) is 0. The maximum atomic E-state index is 7.17. The normalized spacial score (nSPS) is 3.86. The molecule has 0 heterocycles. The second kappa shape index (κ2) is 16.2. The van der Waals surface area contributed by atoms with Crippen molar-refractivity contribution in [3.63, 3.8) is 0 Å². The van der Waals surface area contributed by atoms with Crippen LogP contribution in [0.3, 0.4) is 0 Å². The van der Waals surface area contributed by atoms with Crippen molar-refractivity contribution in [2.75, 3.05) is 0 Å². The largest absolute Gasteiger partial charge is 0.631 e. The van der Waals surface area contributed by atoms with Gasteiger partial charge in [-0.25, -0.2) is 0 Å². The Balaban J connectivity index is -0.0000000150. The fourth-order valence-corrected chi connectivity index (χ4v) is 0. The van der Waals surface area contributed by atoms with Crippen LogP contribution in [0.2, 0.25) is 0 Å². The monoisotopic (exact) mass is 161 g/mol. The molecule has 0 saturated carbocycles. The molecule has 7 heavy (non-hydrogen) atoms. The molecule has 0 saturated heterocycles. The third-order valence-electron chi connectivity index (χ3n) is 0. The van der Waals surface area contributed by atoms with E-state index < -0.39 is 7.32 Å². The summed E-state index contributed by atoms with van der Waals surface area (Å²) in [5.41, 5.74) is 0. The molecule has 1 radical (unpaired) electrons. The van der Waals surface area contributed by atoms with Crippen LogP contribution < -0.4 is 0 Å². The maximum Gasteiger partial charge on any atom is 0.631 e. The summed E-state index contributed by atoms with van der Waals surface area (Å²) in [6.45, 7) is 0. The first kappa shape index (κ1) is 26.3. The first-order chi connectivity index (χ1) is 1.73. The molecule has 0 bridgehead atoms. The van der Waals surface area contributed by atoms with E-state index in [0.29, 0.717) is 0 Å². The molecule has 0 atom stereocenters. The van der Waals surface area contributed by atoms with Gasteiger partial charge in [0.25, 0.3) is 0 Å². The van der Waals surface area contributed by atoms with E-state index >= 15 is 0 Å². The topological polar surface area (TPSA) is 124 Å². The summed E-state index contributed by atoms with van der Waals surface area (Å²) in [7, 11) is -2.17. The van der Waals surface area contributed by atoms with Gasteiger partial charge < -0.3 is 26.0 Å². The fraction of sp³-hybridized carbons (Fsp3) is 0. The van der Waals surface area contributed by atoms with E-state index in [9.17, 15) is 0 Å². The van der Waals surface area contributed by atoms with Crippen LogP contribution in [0.1, 0.15) is 0 Å². The molecule has 0 amide bonds. The minimum absolute atomic E-state index is 0. The van der Waals surface area contributed by atoms with Gasteiger partial charge in [0.2, 0.25) is 0 Å². The molecule has 51 valence electrons. The van der Waals surface area contributed by atoms with Crippen molar-refractivity contribution in [2.45, 2.75) is 0 Å². The van der Waals surface area contributed by atoms with Crippen LogP contribution >= 0.6 is 0 Å². The molecule has 0 fully saturated rings. The molecule has 0 aromatic heterocycles. The Morgan fingerprint density at radius 2 is 0.857 bits per heavy atom. The molecule has 0 rings (SSSR count). The van der Waals surface area contributed by atoms with Gasteiger partial charge in [-0.15, -0.1) is 0 Å². The Kier molecular flexibility index (Phi) is 60.7. The van der Waals surface area contributed by atoms with Crippen LogP contribution in [-0.4, -0.2) is 33.3 Å². The molecule has 5 nitrogen and oxygen atoms in total. The van der Waals surface area contributed by atoms with Crippen LogP contribution in [0.5, 0.6) is 0 Å². The van der Waals surface area contributed by atoms with E-state index in [-0.39, 0.29) is 28.0 Å². The van der Waals surface area contributed by atoms with Crippen LogP contribution in [0.25, 0.3) is 0 Å². The van der Waals surface area contributed by atoms with Gasteiger partial charge in [0, 0.05) is 17.1 Å². The molecule has 0 aliphatic rings. The third kappa shape index (κ3) is 831. The first-order valence-electron chi connectivity index (χ1n) is 0.775. The zero-order chi connectivity index (χ0) is 3.58. The number of hydrogen-bond acceptors (Lipinski definition) is 3. The van der Waals surface area contributed by atoms with Crippen molar-refractivity contribution >= 4 is 7.32 Å². The third-order valence-corrected chi connectivity index (χ3v) is 0. The molecule has 0 aromatic carbocycles. The van der Waals surface area contributed by atoms with Gasteiger partial charge in [0.1, 0.15) is 0 Å². The van der Waals surface area contributed by atoms with Crippen molar-refractivity contribution in [3.8, 4) is 0 Å². The average Bonchev–Trinajstić information content (AvgIpc) is 0.811. The molecule has 0 unspecified atom stereocenters. The van der Waals surface area contributed by atoms with Gasteiger partial charge in [0.05, 0.1) is 0 Å². The van der Waals surface area contributed by atoms with E-state index in [1.807, 2.05) is 0 Å². The number of rotatable bonds is 0. The van der Waals surface area contributed by atoms with Crippen molar-refractivity contribution < 1.29 is 43.1 Å². The minimum Gasteiger partial charge on any atom is -0.412 e. The molecule has 7 heteroatoms. The molecular weight excluding hydrogens is 154 g/mol. The van der Waals surface area contributed by atoms with Crippen molar-refractivity contribution in [1.82, 2.24) is 0 Å². The summed E-state index contributed by atoms with van der Waals surface area (Å²) in [5.74, 6) is 0. The SMILES string of the molecule is O.O.OB(O)O.[Cu].